The Labute approximate surface area is 243 Å². The Balaban J connectivity index is 0.000000285. The van der Waals surface area contributed by atoms with E-state index >= 15 is 0 Å². The molecule has 0 bridgehead atoms. The first-order chi connectivity index (χ1) is 21.0. The van der Waals surface area contributed by atoms with Gasteiger partial charge in [0, 0.05) is 5.92 Å². The molecule has 0 radical (unpaired) electrons. The van der Waals surface area contributed by atoms with Crippen LogP contribution in [0.15, 0.2) is 121 Å². The highest BCUT2D eigenvalue weighted by molar-refractivity contribution is 5.67. The van der Waals surface area contributed by atoms with Crippen molar-refractivity contribution < 1.29 is 28.8 Å². The molecule has 12 heteroatoms. The minimum absolute atomic E-state index is 0.127. The van der Waals surface area contributed by atoms with Crippen LogP contribution in [0.1, 0.15) is 22.6 Å². The van der Waals surface area contributed by atoms with E-state index in [1.54, 1.807) is 36.4 Å². The third-order valence-electron chi connectivity index (χ3n) is 5.62. The quantitative estimate of drug-likeness (QED) is 0.129. The zero-order valence-corrected chi connectivity index (χ0v) is 21.9. The van der Waals surface area contributed by atoms with Crippen LogP contribution in [0.3, 0.4) is 0 Å². The summed E-state index contributed by atoms with van der Waals surface area (Å²) in [5, 5.41) is 0. The van der Waals surface area contributed by atoms with Gasteiger partial charge in [-0.15, -0.1) is 0 Å². The third-order valence-corrected chi connectivity index (χ3v) is 5.62. The van der Waals surface area contributed by atoms with Crippen LogP contribution in [0, 0.1) is 0 Å². The molecule has 0 N–H and O–H groups in total. The summed E-state index contributed by atoms with van der Waals surface area (Å²) in [5.41, 5.74) is 5.05. The average molecular weight is 569 g/mol. The molecular weight excluding hydrogens is 552 g/mol. The van der Waals surface area contributed by atoms with Crippen molar-refractivity contribution in [2.45, 2.75) is 5.92 Å². The van der Waals surface area contributed by atoms with Crippen molar-refractivity contribution in [2.24, 2.45) is 30.0 Å². The zero-order chi connectivity index (χ0) is 30.9. The van der Waals surface area contributed by atoms with Gasteiger partial charge in [0.25, 0.3) is 0 Å². The van der Waals surface area contributed by atoms with Crippen molar-refractivity contribution in [1.82, 2.24) is 0 Å². The number of benzene rings is 4. The largest absolute Gasteiger partial charge is 0.240 e. The molecule has 0 heterocycles. The second-order valence-electron chi connectivity index (χ2n) is 8.13. The molecule has 4 aromatic carbocycles. The summed E-state index contributed by atoms with van der Waals surface area (Å²) in [6.07, 6.45) is 8.52. The molecule has 4 aromatic rings. The lowest BCUT2D eigenvalue weighted by Gasteiger charge is -2.19. The number of isocyanates is 6. The van der Waals surface area contributed by atoms with Crippen molar-refractivity contribution in [3.63, 3.8) is 0 Å². The van der Waals surface area contributed by atoms with Crippen molar-refractivity contribution in [2.75, 3.05) is 0 Å². The molecule has 0 unspecified atom stereocenters. The van der Waals surface area contributed by atoms with Crippen LogP contribution in [-0.2, 0) is 28.8 Å². The van der Waals surface area contributed by atoms with Gasteiger partial charge in [-0.05, 0) is 71.3 Å². The minimum Gasteiger partial charge on any atom is -0.211 e. The number of rotatable bonds is 9. The molecule has 0 amide bonds. The Hall–Kier alpha value is -6.84. The van der Waals surface area contributed by atoms with Crippen LogP contribution in [-0.4, -0.2) is 36.5 Å². The molecule has 43 heavy (non-hydrogen) atoms. The number of aliphatic imine (C=N–C) groups is 6. The lowest BCUT2D eigenvalue weighted by atomic mass is 9.85. The maximum atomic E-state index is 10.4. The van der Waals surface area contributed by atoms with Crippen LogP contribution in [0.25, 0.3) is 0 Å². The van der Waals surface area contributed by atoms with E-state index in [2.05, 4.69) is 30.0 Å². The lowest BCUT2D eigenvalue weighted by molar-refractivity contribution is 0.564. The number of hydrogen-bond donors (Lipinski definition) is 0. The molecule has 0 spiro atoms. The van der Waals surface area contributed by atoms with Crippen LogP contribution >= 0.6 is 0 Å². The molecule has 206 valence electrons. The Kier molecular flexibility index (Phi) is 11.6. The summed E-state index contributed by atoms with van der Waals surface area (Å²) in [6, 6.07) is 25.8. The van der Waals surface area contributed by atoms with Gasteiger partial charge in [-0.25, -0.2) is 28.8 Å². The SMILES string of the molecule is O=C=Nc1cc(N=C=O)cc(N=C=O)c1.O=C=Nc1ccc(C(c2ccc(N=C=O)cc2)c2ccc(N=C=O)cc2)cc1. The van der Waals surface area contributed by atoms with Gasteiger partial charge in [0.2, 0.25) is 36.5 Å². The highest BCUT2D eigenvalue weighted by atomic mass is 16.1. The fourth-order valence-electron chi connectivity index (χ4n) is 3.89. The van der Waals surface area contributed by atoms with E-state index in [0.717, 1.165) is 16.7 Å². The normalized spacial score (nSPS) is 9.77. The first-order valence-corrected chi connectivity index (χ1v) is 12.0. The Morgan fingerprint density at radius 2 is 0.535 bits per heavy atom. The molecule has 0 saturated carbocycles. The summed E-state index contributed by atoms with van der Waals surface area (Å²) >= 11 is 0. The van der Waals surface area contributed by atoms with Gasteiger partial charge in [-0.3, -0.25) is 0 Å². The molecule has 0 aromatic heterocycles. The molecule has 0 aliphatic carbocycles. The summed E-state index contributed by atoms with van der Waals surface area (Å²) in [6.45, 7) is 0. The van der Waals surface area contributed by atoms with Gasteiger partial charge < -0.3 is 0 Å². The van der Waals surface area contributed by atoms with Gasteiger partial charge >= 0.3 is 0 Å². The number of hydrogen-bond acceptors (Lipinski definition) is 12. The summed E-state index contributed by atoms with van der Waals surface area (Å²) in [7, 11) is 0. The molecule has 0 saturated heterocycles. The highest BCUT2D eigenvalue weighted by Gasteiger charge is 2.17. The summed E-state index contributed by atoms with van der Waals surface area (Å²) in [5.74, 6) is -0.127. The van der Waals surface area contributed by atoms with Crippen LogP contribution in [0.2, 0.25) is 0 Å². The number of nitrogens with zero attached hydrogens (tertiary/aromatic N) is 6. The second-order valence-corrected chi connectivity index (χ2v) is 8.13. The predicted molar refractivity (Wildman–Crippen MR) is 153 cm³/mol. The highest BCUT2D eigenvalue weighted by Crippen LogP contribution is 2.34. The predicted octanol–water partition coefficient (Wildman–Crippen LogP) is 6.36. The molecule has 12 nitrogen and oxygen atoms in total. The van der Waals surface area contributed by atoms with E-state index in [0.29, 0.717) is 17.1 Å². The summed E-state index contributed by atoms with van der Waals surface area (Å²) in [4.78, 5) is 82.1. The maximum absolute atomic E-state index is 10.4. The van der Waals surface area contributed by atoms with Gasteiger partial charge in [0.05, 0.1) is 34.1 Å². The average Bonchev–Trinajstić information content (AvgIpc) is 3.01. The van der Waals surface area contributed by atoms with Crippen LogP contribution in [0.4, 0.5) is 34.1 Å². The van der Waals surface area contributed by atoms with Crippen molar-refractivity contribution >= 4 is 70.6 Å². The van der Waals surface area contributed by atoms with Gasteiger partial charge in [0.15, 0.2) is 0 Å². The van der Waals surface area contributed by atoms with Crippen molar-refractivity contribution in [1.29, 1.82) is 0 Å². The topological polar surface area (TPSA) is 177 Å². The van der Waals surface area contributed by atoms with Crippen molar-refractivity contribution in [3.05, 3.63) is 108 Å². The van der Waals surface area contributed by atoms with Gasteiger partial charge in [-0.1, -0.05) is 36.4 Å². The van der Waals surface area contributed by atoms with Crippen LogP contribution < -0.4 is 0 Å². The number of carbonyl (C=O) groups excluding carboxylic acids is 6. The smallest absolute Gasteiger partial charge is 0.211 e. The van der Waals surface area contributed by atoms with Gasteiger partial charge in [0.1, 0.15) is 0 Å². The van der Waals surface area contributed by atoms with E-state index in [1.165, 1.54) is 54.7 Å². The first kappa shape index (κ1) is 30.7. The van der Waals surface area contributed by atoms with E-state index in [-0.39, 0.29) is 23.0 Å². The standard InChI is InChI=1S/C22H13N3O3.C9H3N3O3/c26-13-23-19-7-1-16(2-8-19)22(17-3-9-20(10-4-17)24-14-27)18-5-11-21(12-6-18)25-15-28;13-4-10-7-1-8(11-5-14)3-9(2-7)12-6-15/h1-12,22H;1-3H. The Bertz CT molecular complexity index is 1650. The first-order valence-electron chi connectivity index (χ1n) is 12.0. The Morgan fingerprint density at radius 3 is 0.744 bits per heavy atom. The van der Waals surface area contributed by atoms with Crippen molar-refractivity contribution in [3.8, 4) is 0 Å². The molecule has 4 rings (SSSR count). The fraction of sp³-hybridized carbons (Fsp3) is 0.0323. The third kappa shape index (κ3) is 9.11. The van der Waals surface area contributed by atoms with E-state index in [1.807, 2.05) is 36.4 Å². The van der Waals surface area contributed by atoms with E-state index in [4.69, 9.17) is 0 Å². The second kappa shape index (κ2) is 16.3. The molecular formula is C31H16N6O6. The monoisotopic (exact) mass is 568 g/mol. The molecule has 0 atom stereocenters. The lowest BCUT2D eigenvalue weighted by Crippen LogP contribution is -2.03. The van der Waals surface area contributed by atoms with E-state index in [9.17, 15) is 28.8 Å². The molecule has 0 aliphatic heterocycles. The Morgan fingerprint density at radius 1 is 0.326 bits per heavy atom. The molecule has 0 aliphatic rings. The van der Waals surface area contributed by atoms with E-state index < -0.39 is 0 Å². The van der Waals surface area contributed by atoms with Gasteiger partial charge in [-0.2, -0.15) is 30.0 Å². The van der Waals surface area contributed by atoms with Crippen LogP contribution in [0.5, 0.6) is 0 Å². The fourth-order valence-corrected chi connectivity index (χ4v) is 3.89. The minimum atomic E-state index is -0.127. The maximum Gasteiger partial charge on any atom is 0.240 e. The zero-order valence-electron chi connectivity index (χ0n) is 21.9. The summed E-state index contributed by atoms with van der Waals surface area (Å²) < 4.78 is 0. The molecule has 0 fully saturated rings.